The van der Waals surface area contributed by atoms with Gasteiger partial charge in [0.15, 0.2) is 5.96 Å². The van der Waals surface area contributed by atoms with Crippen molar-refractivity contribution in [2.45, 2.75) is 58.4 Å². The van der Waals surface area contributed by atoms with Crippen LogP contribution in [0.2, 0.25) is 0 Å². The second-order valence-corrected chi connectivity index (χ2v) is 9.46. The number of ether oxygens (including phenoxy) is 1. The number of rotatable bonds is 6. The van der Waals surface area contributed by atoms with Crippen LogP contribution >= 0.6 is 15.9 Å². The average Bonchev–Trinajstić information content (AvgIpc) is 2.68. The van der Waals surface area contributed by atoms with Crippen molar-refractivity contribution in [1.82, 2.24) is 4.90 Å². The third-order valence-corrected chi connectivity index (χ3v) is 6.61. The lowest BCUT2D eigenvalue weighted by molar-refractivity contribution is -0.128. The molecule has 3 atom stereocenters. The molecule has 0 aromatic heterocycles. The normalized spacial score (nSPS) is 26.5. The molecule has 6 heteroatoms. The number of guanidine groups is 1. The molecule has 3 rings (SSSR count). The fraction of sp³-hybridized carbons (Fsp3) is 0.500. The minimum Gasteiger partial charge on any atom is -0.492 e. The predicted molar refractivity (Wildman–Crippen MR) is 126 cm³/mol. The zero-order valence-electron chi connectivity index (χ0n) is 18.5. The summed E-state index contributed by atoms with van der Waals surface area (Å²) in [6.45, 7) is 9.14. The largest absolute Gasteiger partial charge is 0.492 e. The SMILES string of the molecule is CCCCOc1c(Br)cc(C)cc1C1C=C(C2(C)CC(=O)N(C)C(N)=N2)C=CC1C. The monoisotopic (exact) mass is 473 g/mol. The summed E-state index contributed by atoms with van der Waals surface area (Å²) in [4.78, 5) is 18.6. The van der Waals surface area contributed by atoms with Gasteiger partial charge in [-0.25, -0.2) is 4.99 Å². The van der Waals surface area contributed by atoms with E-state index in [-0.39, 0.29) is 17.8 Å². The molecule has 0 saturated carbocycles. The third-order valence-electron chi connectivity index (χ3n) is 6.02. The van der Waals surface area contributed by atoms with Gasteiger partial charge in [-0.1, -0.05) is 44.6 Å². The van der Waals surface area contributed by atoms with E-state index in [1.165, 1.54) is 10.5 Å². The first-order valence-electron chi connectivity index (χ1n) is 10.6. The van der Waals surface area contributed by atoms with E-state index in [0.29, 0.717) is 18.9 Å². The minimum absolute atomic E-state index is 0.0173. The summed E-state index contributed by atoms with van der Waals surface area (Å²) in [5, 5.41) is 0. The number of amides is 1. The van der Waals surface area contributed by atoms with Crippen LogP contribution in [-0.2, 0) is 4.79 Å². The van der Waals surface area contributed by atoms with Crippen molar-refractivity contribution in [3.8, 4) is 5.75 Å². The van der Waals surface area contributed by atoms with Gasteiger partial charge < -0.3 is 10.5 Å². The lowest BCUT2D eigenvalue weighted by Gasteiger charge is -2.37. The molecule has 0 spiro atoms. The van der Waals surface area contributed by atoms with Crippen LogP contribution in [0.4, 0.5) is 0 Å². The van der Waals surface area contributed by atoms with E-state index in [4.69, 9.17) is 10.5 Å². The number of halogens is 1. The molecule has 1 heterocycles. The Bertz CT molecular complexity index is 921. The molecule has 162 valence electrons. The fourth-order valence-electron chi connectivity index (χ4n) is 4.06. The van der Waals surface area contributed by atoms with Gasteiger partial charge in [0.25, 0.3) is 0 Å². The molecule has 0 radical (unpaired) electrons. The van der Waals surface area contributed by atoms with E-state index in [1.807, 2.05) is 6.92 Å². The number of nitrogens with zero attached hydrogens (tertiary/aromatic N) is 2. The van der Waals surface area contributed by atoms with Crippen molar-refractivity contribution in [2.75, 3.05) is 13.7 Å². The van der Waals surface area contributed by atoms with Crippen LogP contribution in [0, 0.1) is 12.8 Å². The second-order valence-electron chi connectivity index (χ2n) is 8.61. The van der Waals surface area contributed by atoms with Crippen LogP contribution in [0.25, 0.3) is 0 Å². The number of allylic oxidation sites excluding steroid dienone is 2. The van der Waals surface area contributed by atoms with Crippen molar-refractivity contribution in [2.24, 2.45) is 16.6 Å². The van der Waals surface area contributed by atoms with E-state index in [2.05, 4.69) is 72.1 Å². The number of unbranched alkanes of at least 4 members (excludes halogenated alkanes) is 1. The maximum Gasteiger partial charge on any atom is 0.231 e. The number of aryl methyl sites for hydroxylation is 1. The zero-order chi connectivity index (χ0) is 22.1. The Morgan fingerprint density at radius 3 is 2.80 bits per heavy atom. The highest BCUT2D eigenvalue weighted by molar-refractivity contribution is 9.10. The van der Waals surface area contributed by atoms with Crippen molar-refractivity contribution in [3.05, 3.63) is 51.5 Å². The van der Waals surface area contributed by atoms with E-state index in [0.717, 1.165) is 34.2 Å². The van der Waals surface area contributed by atoms with Gasteiger partial charge in [0, 0.05) is 18.5 Å². The molecule has 3 unspecified atom stereocenters. The Balaban J connectivity index is 2.04. The molecule has 1 aromatic rings. The highest BCUT2D eigenvalue weighted by atomic mass is 79.9. The summed E-state index contributed by atoms with van der Waals surface area (Å²) in [5.41, 5.74) is 8.73. The molecule has 0 bridgehead atoms. The maximum atomic E-state index is 12.5. The Morgan fingerprint density at radius 2 is 2.13 bits per heavy atom. The Morgan fingerprint density at radius 1 is 1.40 bits per heavy atom. The summed E-state index contributed by atoms with van der Waals surface area (Å²) in [6, 6.07) is 4.31. The van der Waals surface area contributed by atoms with Gasteiger partial charge in [-0.2, -0.15) is 0 Å². The van der Waals surface area contributed by atoms with Gasteiger partial charge in [0.1, 0.15) is 5.75 Å². The zero-order valence-corrected chi connectivity index (χ0v) is 20.1. The average molecular weight is 474 g/mol. The molecule has 1 aromatic carbocycles. The summed E-state index contributed by atoms with van der Waals surface area (Å²) >= 11 is 3.71. The molecule has 5 nitrogen and oxygen atoms in total. The summed E-state index contributed by atoms with van der Waals surface area (Å²) in [5.74, 6) is 1.57. The molecule has 2 aliphatic rings. The molecule has 1 aliphatic carbocycles. The van der Waals surface area contributed by atoms with Crippen LogP contribution in [0.1, 0.15) is 57.1 Å². The van der Waals surface area contributed by atoms with Crippen LogP contribution in [-0.4, -0.2) is 36.0 Å². The van der Waals surface area contributed by atoms with Gasteiger partial charge in [0.2, 0.25) is 5.91 Å². The van der Waals surface area contributed by atoms with Gasteiger partial charge in [-0.15, -0.1) is 0 Å². The molecule has 0 saturated heterocycles. The number of carbonyl (C=O) groups is 1. The smallest absolute Gasteiger partial charge is 0.231 e. The number of carbonyl (C=O) groups excluding carboxylic acids is 1. The molecular formula is C24H32BrN3O2. The molecule has 0 fully saturated rings. The number of nitrogens with two attached hydrogens (primary N) is 1. The molecular weight excluding hydrogens is 442 g/mol. The molecule has 30 heavy (non-hydrogen) atoms. The van der Waals surface area contributed by atoms with Gasteiger partial charge in [-0.05, 0) is 59.3 Å². The van der Waals surface area contributed by atoms with Crippen molar-refractivity contribution in [1.29, 1.82) is 0 Å². The Hall–Kier alpha value is -2.08. The third kappa shape index (κ3) is 4.48. The lowest BCUT2D eigenvalue weighted by atomic mass is 9.76. The molecule has 1 aliphatic heterocycles. The minimum atomic E-state index is -0.660. The summed E-state index contributed by atoms with van der Waals surface area (Å²) in [7, 11) is 1.67. The number of hydrogen-bond acceptors (Lipinski definition) is 4. The van der Waals surface area contributed by atoms with Gasteiger partial charge in [-0.3, -0.25) is 9.69 Å². The molecule has 1 amide bonds. The first-order valence-corrected chi connectivity index (χ1v) is 11.4. The second kappa shape index (κ2) is 8.96. The summed E-state index contributed by atoms with van der Waals surface area (Å²) in [6.07, 6.45) is 8.95. The first kappa shape index (κ1) is 22.6. The number of aliphatic imine (C=N–C) groups is 1. The number of hydrogen-bond donors (Lipinski definition) is 1. The van der Waals surface area contributed by atoms with Crippen LogP contribution in [0.15, 0.2) is 45.4 Å². The highest BCUT2D eigenvalue weighted by Crippen LogP contribution is 2.44. The van der Waals surface area contributed by atoms with E-state index in [9.17, 15) is 4.79 Å². The van der Waals surface area contributed by atoms with Crippen LogP contribution in [0.3, 0.4) is 0 Å². The topological polar surface area (TPSA) is 67.9 Å². The van der Waals surface area contributed by atoms with Crippen LogP contribution in [0.5, 0.6) is 5.75 Å². The highest BCUT2D eigenvalue weighted by Gasteiger charge is 2.38. The first-order chi connectivity index (χ1) is 14.2. The van der Waals surface area contributed by atoms with Crippen LogP contribution < -0.4 is 10.5 Å². The maximum absolute atomic E-state index is 12.5. The quantitative estimate of drug-likeness (QED) is 0.585. The predicted octanol–water partition coefficient (Wildman–Crippen LogP) is 5.09. The van der Waals surface area contributed by atoms with Crippen molar-refractivity contribution >= 4 is 27.8 Å². The van der Waals surface area contributed by atoms with E-state index < -0.39 is 5.54 Å². The standard InChI is InChI=1S/C24H32BrN3O2/c1-6-7-10-30-22-19(11-15(2)12-20(22)25)18-13-17(9-8-16(18)3)24(4)14-21(29)28(5)23(26)27-24/h8-9,11-13,16,18H,6-7,10,14H2,1-5H3,(H2,26,27). The number of benzene rings is 1. The fourth-order valence-corrected chi connectivity index (χ4v) is 4.76. The lowest BCUT2D eigenvalue weighted by Crippen LogP contribution is -2.49. The summed E-state index contributed by atoms with van der Waals surface area (Å²) < 4.78 is 7.19. The van der Waals surface area contributed by atoms with Crippen molar-refractivity contribution in [3.63, 3.8) is 0 Å². The van der Waals surface area contributed by atoms with E-state index >= 15 is 0 Å². The Labute approximate surface area is 188 Å². The van der Waals surface area contributed by atoms with Gasteiger partial charge >= 0.3 is 0 Å². The molecule has 2 N–H and O–H groups in total. The van der Waals surface area contributed by atoms with E-state index in [1.54, 1.807) is 7.05 Å². The Kier molecular flexibility index (Phi) is 6.75. The van der Waals surface area contributed by atoms with Crippen molar-refractivity contribution < 1.29 is 9.53 Å². The van der Waals surface area contributed by atoms with Gasteiger partial charge in [0.05, 0.1) is 23.0 Å².